The smallest absolute Gasteiger partial charge is 0.150 e. The maximum Gasteiger partial charge on any atom is 0.150 e. The SMILES string of the molecule is CCCN(CCN(C)C)Cc1cc(C=O)ccc1OC. The highest BCUT2D eigenvalue weighted by atomic mass is 16.5. The van der Waals surface area contributed by atoms with E-state index in [-0.39, 0.29) is 0 Å². The minimum atomic E-state index is 0.699. The van der Waals surface area contributed by atoms with E-state index >= 15 is 0 Å². The molecule has 0 atom stereocenters. The molecular weight excluding hydrogens is 252 g/mol. The fraction of sp³-hybridized carbons (Fsp3) is 0.562. The summed E-state index contributed by atoms with van der Waals surface area (Å²) in [4.78, 5) is 15.5. The number of aldehydes is 1. The lowest BCUT2D eigenvalue weighted by molar-refractivity contribution is 0.112. The zero-order valence-corrected chi connectivity index (χ0v) is 13.1. The molecule has 20 heavy (non-hydrogen) atoms. The zero-order valence-electron chi connectivity index (χ0n) is 13.1. The summed E-state index contributed by atoms with van der Waals surface area (Å²) >= 11 is 0. The number of carbonyl (C=O) groups is 1. The molecule has 0 N–H and O–H groups in total. The van der Waals surface area contributed by atoms with Crippen molar-refractivity contribution in [2.24, 2.45) is 0 Å². The van der Waals surface area contributed by atoms with Crippen LogP contribution in [0.1, 0.15) is 29.3 Å². The van der Waals surface area contributed by atoms with Gasteiger partial charge in [0.2, 0.25) is 0 Å². The molecule has 0 radical (unpaired) electrons. The average molecular weight is 278 g/mol. The van der Waals surface area contributed by atoms with Crippen molar-refractivity contribution in [2.45, 2.75) is 19.9 Å². The summed E-state index contributed by atoms with van der Waals surface area (Å²) < 4.78 is 5.40. The van der Waals surface area contributed by atoms with E-state index in [1.54, 1.807) is 13.2 Å². The third-order valence-electron chi connectivity index (χ3n) is 3.24. The standard InChI is InChI=1S/C16H26N2O2/c1-5-8-18(10-9-17(2)3)12-15-11-14(13-19)6-7-16(15)20-4/h6-7,11,13H,5,8-10,12H2,1-4H3. The van der Waals surface area contributed by atoms with Crippen molar-refractivity contribution < 1.29 is 9.53 Å². The van der Waals surface area contributed by atoms with Crippen molar-refractivity contribution in [2.75, 3.05) is 40.8 Å². The molecule has 0 aromatic heterocycles. The second-order valence-electron chi connectivity index (χ2n) is 5.27. The van der Waals surface area contributed by atoms with Crippen LogP contribution in [0.3, 0.4) is 0 Å². The van der Waals surface area contributed by atoms with Gasteiger partial charge in [0, 0.05) is 30.8 Å². The number of ether oxygens (including phenoxy) is 1. The molecule has 4 heteroatoms. The summed E-state index contributed by atoms with van der Waals surface area (Å²) in [6.07, 6.45) is 2.00. The van der Waals surface area contributed by atoms with Crippen LogP contribution in [0.2, 0.25) is 0 Å². The molecule has 0 amide bonds. The Labute approximate surface area is 122 Å². The van der Waals surface area contributed by atoms with Gasteiger partial charge in [-0.3, -0.25) is 9.69 Å². The largest absolute Gasteiger partial charge is 0.496 e. The topological polar surface area (TPSA) is 32.8 Å². The Hall–Kier alpha value is -1.39. The summed E-state index contributed by atoms with van der Waals surface area (Å²) in [5.74, 6) is 0.849. The molecule has 0 saturated heterocycles. The van der Waals surface area contributed by atoms with E-state index in [1.165, 1.54) is 0 Å². The minimum absolute atomic E-state index is 0.699. The second kappa shape index (κ2) is 8.72. The van der Waals surface area contributed by atoms with Gasteiger partial charge in [-0.25, -0.2) is 0 Å². The molecule has 0 heterocycles. The van der Waals surface area contributed by atoms with E-state index in [2.05, 4.69) is 30.8 Å². The number of nitrogens with zero attached hydrogens (tertiary/aromatic N) is 2. The number of rotatable bonds is 9. The van der Waals surface area contributed by atoms with Crippen molar-refractivity contribution in [3.63, 3.8) is 0 Å². The van der Waals surface area contributed by atoms with Gasteiger partial charge in [0.1, 0.15) is 12.0 Å². The molecule has 0 aliphatic carbocycles. The van der Waals surface area contributed by atoms with Crippen molar-refractivity contribution in [3.05, 3.63) is 29.3 Å². The van der Waals surface area contributed by atoms with Gasteiger partial charge in [-0.15, -0.1) is 0 Å². The van der Waals surface area contributed by atoms with Gasteiger partial charge in [-0.2, -0.15) is 0 Å². The Bertz CT molecular complexity index is 419. The lowest BCUT2D eigenvalue weighted by Crippen LogP contribution is -2.32. The number of benzene rings is 1. The van der Waals surface area contributed by atoms with Crippen LogP contribution in [0.4, 0.5) is 0 Å². The predicted molar refractivity (Wildman–Crippen MR) is 82.5 cm³/mol. The van der Waals surface area contributed by atoms with Crippen molar-refractivity contribution >= 4 is 6.29 Å². The molecule has 0 spiro atoms. The molecule has 0 fully saturated rings. The first-order valence-corrected chi connectivity index (χ1v) is 7.09. The first kappa shape index (κ1) is 16.7. The predicted octanol–water partition coefficient (Wildman–Crippen LogP) is 2.28. The first-order chi connectivity index (χ1) is 9.60. The molecule has 1 aromatic carbocycles. The number of methoxy groups -OCH3 is 1. The summed E-state index contributed by atoms with van der Waals surface area (Å²) in [5.41, 5.74) is 1.77. The maximum atomic E-state index is 10.9. The van der Waals surface area contributed by atoms with Crippen molar-refractivity contribution in [1.82, 2.24) is 9.80 Å². The molecule has 4 nitrogen and oxygen atoms in total. The van der Waals surface area contributed by atoms with Gasteiger partial charge in [0.05, 0.1) is 7.11 Å². The summed E-state index contributed by atoms with van der Waals surface area (Å²) in [6, 6.07) is 5.58. The fourth-order valence-corrected chi connectivity index (χ4v) is 2.16. The van der Waals surface area contributed by atoms with E-state index in [1.807, 2.05) is 12.1 Å². The summed E-state index contributed by atoms with van der Waals surface area (Å²) in [5, 5.41) is 0. The van der Waals surface area contributed by atoms with Gasteiger partial charge in [0.25, 0.3) is 0 Å². The number of hydrogen-bond donors (Lipinski definition) is 0. The van der Waals surface area contributed by atoms with Gasteiger partial charge in [0.15, 0.2) is 0 Å². The Balaban J connectivity index is 2.82. The molecule has 1 aromatic rings. The molecule has 1 rings (SSSR count). The number of likely N-dealkylation sites (N-methyl/N-ethyl adjacent to an activating group) is 1. The monoisotopic (exact) mass is 278 g/mol. The third kappa shape index (κ3) is 5.31. The first-order valence-electron chi connectivity index (χ1n) is 7.09. The van der Waals surface area contributed by atoms with Crippen molar-refractivity contribution in [1.29, 1.82) is 0 Å². The van der Waals surface area contributed by atoms with Gasteiger partial charge in [-0.1, -0.05) is 6.92 Å². The van der Waals surface area contributed by atoms with Gasteiger partial charge in [-0.05, 0) is 45.3 Å². The third-order valence-corrected chi connectivity index (χ3v) is 3.24. The maximum absolute atomic E-state index is 10.9. The molecule has 0 saturated carbocycles. The van der Waals surface area contributed by atoms with Gasteiger partial charge < -0.3 is 9.64 Å². The number of carbonyl (C=O) groups excluding carboxylic acids is 1. The molecule has 0 bridgehead atoms. The molecule has 112 valence electrons. The lowest BCUT2D eigenvalue weighted by atomic mass is 10.1. The van der Waals surface area contributed by atoms with Crippen molar-refractivity contribution in [3.8, 4) is 5.75 Å². The lowest BCUT2D eigenvalue weighted by Gasteiger charge is -2.24. The normalized spacial score (nSPS) is 11.1. The van der Waals surface area contributed by atoms with E-state index in [0.717, 1.165) is 50.2 Å². The van der Waals surface area contributed by atoms with Crippen LogP contribution in [0.15, 0.2) is 18.2 Å². The Kier molecular flexibility index (Phi) is 7.26. The Morgan fingerprint density at radius 2 is 1.95 bits per heavy atom. The molecule has 0 aliphatic heterocycles. The van der Waals surface area contributed by atoms with Crippen LogP contribution in [0, 0.1) is 0 Å². The molecule has 0 aliphatic rings. The highest BCUT2D eigenvalue weighted by Crippen LogP contribution is 2.21. The van der Waals surface area contributed by atoms with Crippen LogP contribution < -0.4 is 4.74 Å². The van der Waals surface area contributed by atoms with Gasteiger partial charge >= 0.3 is 0 Å². The van der Waals surface area contributed by atoms with E-state index in [9.17, 15) is 4.79 Å². The zero-order chi connectivity index (χ0) is 15.0. The van der Waals surface area contributed by atoms with Crippen LogP contribution in [0.25, 0.3) is 0 Å². The van der Waals surface area contributed by atoms with E-state index in [0.29, 0.717) is 5.56 Å². The molecule has 0 unspecified atom stereocenters. The summed E-state index contributed by atoms with van der Waals surface area (Å²) in [7, 11) is 5.83. The van der Waals surface area contributed by atoms with E-state index < -0.39 is 0 Å². The van der Waals surface area contributed by atoms with E-state index in [4.69, 9.17) is 4.74 Å². The quantitative estimate of drug-likeness (QED) is 0.649. The minimum Gasteiger partial charge on any atom is -0.496 e. The van der Waals surface area contributed by atoms with Crippen LogP contribution >= 0.6 is 0 Å². The highest BCUT2D eigenvalue weighted by molar-refractivity contribution is 5.75. The Morgan fingerprint density at radius 3 is 2.50 bits per heavy atom. The van der Waals surface area contributed by atoms with Crippen LogP contribution in [-0.4, -0.2) is 56.9 Å². The van der Waals surface area contributed by atoms with Crippen LogP contribution in [0.5, 0.6) is 5.75 Å². The second-order valence-corrected chi connectivity index (χ2v) is 5.27. The van der Waals surface area contributed by atoms with Crippen LogP contribution in [-0.2, 0) is 6.54 Å². The summed E-state index contributed by atoms with van der Waals surface area (Å²) in [6.45, 7) is 6.07. The number of hydrogen-bond acceptors (Lipinski definition) is 4. The highest BCUT2D eigenvalue weighted by Gasteiger charge is 2.10. The average Bonchev–Trinajstić information content (AvgIpc) is 2.44. The molecular formula is C16H26N2O2. The fourth-order valence-electron chi connectivity index (χ4n) is 2.16. The Morgan fingerprint density at radius 1 is 1.20 bits per heavy atom.